The first kappa shape index (κ1) is 17.5. The molecule has 0 aliphatic heterocycles. The van der Waals surface area contributed by atoms with Crippen molar-refractivity contribution in [3.8, 4) is 17.0 Å². The van der Waals surface area contributed by atoms with Gasteiger partial charge in [0.2, 0.25) is 0 Å². The third-order valence-corrected chi connectivity index (χ3v) is 4.14. The molecule has 3 rings (SSSR count). The zero-order valence-corrected chi connectivity index (χ0v) is 15.4. The van der Waals surface area contributed by atoms with Gasteiger partial charge in [-0.2, -0.15) is 5.10 Å². The molecule has 6 nitrogen and oxygen atoms in total. The fourth-order valence-corrected chi connectivity index (χ4v) is 2.65. The first-order valence-corrected chi connectivity index (χ1v) is 8.25. The minimum atomic E-state index is -0.238. The van der Waals surface area contributed by atoms with Crippen molar-refractivity contribution in [2.24, 2.45) is 7.05 Å². The first-order chi connectivity index (χ1) is 12.5. The molecular weight excluding hydrogens is 328 g/mol. The molecule has 26 heavy (non-hydrogen) atoms. The van der Waals surface area contributed by atoms with Gasteiger partial charge in [-0.25, -0.2) is 0 Å². The van der Waals surface area contributed by atoms with E-state index in [4.69, 9.17) is 4.74 Å². The molecule has 0 fully saturated rings. The van der Waals surface area contributed by atoms with Crippen LogP contribution in [0.4, 0.5) is 11.4 Å². The van der Waals surface area contributed by atoms with Crippen molar-refractivity contribution in [2.75, 3.05) is 31.4 Å². The van der Waals surface area contributed by atoms with Crippen molar-refractivity contribution in [1.82, 2.24) is 9.78 Å². The number of benzene rings is 2. The van der Waals surface area contributed by atoms with E-state index < -0.39 is 0 Å². The van der Waals surface area contributed by atoms with Crippen LogP contribution >= 0.6 is 0 Å². The van der Waals surface area contributed by atoms with Crippen LogP contribution in [0.5, 0.6) is 5.75 Å². The maximum Gasteiger partial charge on any atom is 0.276 e. The lowest BCUT2D eigenvalue weighted by molar-refractivity contribution is 0.102. The average molecular weight is 350 g/mol. The number of nitrogens with zero attached hydrogens (tertiary/aromatic N) is 3. The molecule has 1 N–H and O–H groups in total. The van der Waals surface area contributed by atoms with E-state index in [2.05, 4.69) is 10.4 Å². The summed E-state index contributed by atoms with van der Waals surface area (Å²) in [7, 11) is 7.40. The SMILES string of the molecule is COc1ccc(-c2cc(C(=O)Nc3ccc(N(C)C)cc3)nn2C)cc1. The summed E-state index contributed by atoms with van der Waals surface area (Å²) in [5.41, 5.74) is 4.01. The number of ether oxygens (including phenoxy) is 1. The molecule has 0 spiro atoms. The van der Waals surface area contributed by atoms with E-state index in [0.29, 0.717) is 5.69 Å². The Balaban J connectivity index is 1.77. The molecule has 0 aliphatic rings. The Labute approximate surface area is 153 Å². The second kappa shape index (κ2) is 7.31. The van der Waals surface area contributed by atoms with Crippen molar-refractivity contribution in [2.45, 2.75) is 0 Å². The second-order valence-corrected chi connectivity index (χ2v) is 6.16. The number of amides is 1. The molecule has 134 valence electrons. The molecule has 3 aromatic rings. The van der Waals surface area contributed by atoms with E-state index in [1.54, 1.807) is 17.9 Å². The number of rotatable bonds is 5. The highest BCUT2D eigenvalue weighted by atomic mass is 16.5. The zero-order valence-electron chi connectivity index (χ0n) is 15.4. The summed E-state index contributed by atoms with van der Waals surface area (Å²) in [6.07, 6.45) is 0. The van der Waals surface area contributed by atoms with Gasteiger partial charge in [-0.3, -0.25) is 9.48 Å². The Bertz CT molecular complexity index is 897. The van der Waals surface area contributed by atoms with Crippen LogP contribution in [0.1, 0.15) is 10.5 Å². The fourth-order valence-electron chi connectivity index (χ4n) is 2.65. The lowest BCUT2D eigenvalue weighted by atomic mass is 10.1. The number of carbonyl (C=O) groups excluding carboxylic acids is 1. The first-order valence-electron chi connectivity index (χ1n) is 8.25. The number of methoxy groups -OCH3 is 1. The maximum atomic E-state index is 12.5. The summed E-state index contributed by atoms with van der Waals surface area (Å²) in [6.45, 7) is 0. The van der Waals surface area contributed by atoms with Gasteiger partial charge in [0.15, 0.2) is 5.69 Å². The highest BCUT2D eigenvalue weighted by Crippen LogP contribution is 2.23. The summed E-state index contributed by atoms with van der Waals surface area (Å²) >= 11 is 0. The summed E-state index contributed by atoms with van der Waals surface area (Å²) in [4.78, 5) is 14.5. The van der Waals surface area contributed by atoms with E-state index >= 15 is 0 Å². The molecule has 0 radical (unpaired) electrons. The standard InChI is InChI=1S/C20H22N4O2/c1-23(2)16-9-7-15(8-10-16)21-20(25)18-13-19(24(3)22-18)14-5-11-17(26-4)12-6-14/h5-13H,1-4H3,(H,21,25). The van der Waals surface area contributed by atoms with Gasteiger partial charge in [-0.1, -0.05) is 0 Å². The summed E-state index contributed by atoms with van der Waals surface area (Å²) in [6, 6.07) is 17.1. The van der Waals surface area contributed by atoms with E-state index in [9.17, 15) is 4.79 Å². The summed E-state index contributed by atoms with van der Waals surface area (Å²) in [5, 5.41) is 7.22. The number of aromatic nitrogens is 2. The number of carbonyl (C=O) groups is 1. The Hall–Kier alpha value is -3.28. The Morgan fingerprint density at radius 3 is 2.31 bits per heavy atom. The molecule has 2 aromatic carbocycles. The van der Waals surface area contributed by atoms with Crippen molar-refractivity contribution in [3.05, 3.63) is 60.3 Å². The average Bonchev–Trinajstić information content (AvgIpc) is 3.04. The topological polar surface area (TPSA) is 59.4 Å². The number of aryl methyl sites for hydroxylation is 1. The zero-order chi connectivity index (χ0) is 18.7. The van der Waals surface area contributed by atoms with Crippen LogP contribution in [0.25, 0.3) is 11.3 Å². The molecule has 1 aromatic heterocycles. The minimum Gasteiger partial charge on any atom is -0.497 e. The van der Waals surface area contributed by atoms with Crippen molar-refractivity contribution in [3.63, 3.8) is 0 Å². The molecule has 0 aliphatic carbocycles. The van der Waals surface area contributed by atoms with Crippen LogP contribution < -0.4 is 15.0 Å². The predicted molar refractivity (Wildman–Crippen MR) is 104 cm³/mol. The van der Waals surface area contributed by atoms with Crippen LogP contribution in [-0.4, -0.2) is 36.9 Å². The molecule has 0 unspecified atom stereocenters. The van der Waals surface area contributed by atoms with Crippen molar-refractivity contribution >= 4 is 17.3 Å². The molecule has 6 heteroatoms. The molecular formula is C20H22N4O2. The van der Waals surface area contributed by atoms with Gasteiger partial charge in [0.25, 0.3) is 5.91 Å². The fraction of sp³-hybridized carbons (Fsp3) is 0.200. The maximum absolute atomic E-state index is 12.5. The highest BCUT2D eigenvalue weighted by molar-refractivity contribution is 6.03. The molecule has 0 atom stereocenters. The monoisotopic (exact) mass is 350 g/mol. The molecule has 1 amide bonds. The van der Waals surface area contributed by atoms with E-state index in [1.807, 2.05) is 74.6 Å². The Morgan fingerprint density at radius 2 is 1.73 bits per heavy atom. The van der Waals surface area contributed by atoms with Gasteiger partial charge in [-0.05, 0) is 54.6 Å². The predicted octanol–water partition coefficient (Wildman–Crippen LogP) is 3.41. The van der Waals surface area contributed by atoms with Gasteiger partial charge < -0.3 is 15.0 Å². The number of hydrogen-bond donors (Lipinski definition) is 1. The third kappa shape index (κ3) is 3.69. The largest absolute Gasteiger partial charge is 0.497 e. The van der Waals surface area contributed by atoms with Crippen molar-refractivity contribution in [1.29, 1.82) is 0 Å². The van der Waals surface area contributed by atoms with Crippen molar-refractivity contribution < 1.29 is 9.53 Å². The van der Waals surface area contributed by atoms with Gasteiger partial charge in [0.05, 0.1) is 12.8 Å². The van der Waals surface area contributed by atoms with E-state index in [0.717, 1.165) is 28.4 Å². The third-order valence-electron chi connectivity index (χ3n) is 4.14. The summed E-state index contributed by atoms with van der Waals surface area (Å²) in [5.74, 6) is 0.549. The smallest absolute Gasteiger partial charge is 0.276 e. The molecule has 0 saturated carbocycles. The highest BCUT2D eigenvalue weighted by Gasteiger charge is 2.14. The van der Waals surface area contributed by atoms with Gasteiger partial charge >= 0.3 is 0 Å². The van der Waals surface area contributed by atoms with Gasteiger partial charge in [-0.15, -0.1) is 0 Å². The number of hydrogen-bond acceptors (Lipinski definition) is 4. The Kier molecular flexibility index (Phi) is 4.93. The molecule has 0 bridgehead atoms. The number of nitrogens with one attached hydrogen (secondary N) is 1. The lowest BCUT2D eigenvalue weighted by Gasteiger charge is -2.12. The van der Waals surface area contributed by atoms with E-state index in [1.165, 1.54) is 0 Å². The minimum absolute atomic E-state index is 0.238. The summed E-state index contributed by atoms with van der Waals surface area (Å²) < 4.78 is 6.88. The molecule has 0 saturated heterocycles. The molecule has 1 heterocycles. The Morgan fingerprint density at radius 1 is 1.08 bits per heavy atom. The normalized spacial score (nSPS) is 10.5. The van der Waals surface area contributed by atoms with Crippen LogP contribution in [-0.2, 0) is 7.05 Å². The second-order valence-electron chi connectivity index (χ2n) is 6.16. The van der Waals surface area contributed by atoms with Crippen LogP contribution in [0.15, 0.2) is 54.6 Å². The van der Waals surface area contributed by atoms with E-state index in [-0.39, 0.29) is 5.91 Å². The number of anilines is 2. The van der Waals surface area contributed by atoms with Gasteiger partial charge in [0, 0.05) is 38.1 Å². The lowest BCUT2D eigenvalue weighted by Crippen LogP contribution is -2.13. The van der Waals surface area contributed by atoms with Crippen LogP contribution in [0.3, 0.4) is 0 Å². The van der Waals surface area contributed by atoms with Crippen LogP contribution in [0, 0.1) is 0 Å². The van der Waals surface area contributed by atoms with Gasteiger partial charge in [0.1, 0.15) is 5.75 Å². The quantitative estimate of drug-likeness (QED) is 0.766. The van der Waals surface area contributed by atoms with Crippen LogP contribution in [0.2, 0.25) is 0 Å².